The first-order chi connectivity index (χ1) is 5.15. The van der Waals surface area contributed by atoms with Crippen molar-refractivity contribution in [2.24, 2.45) is 0 Å². The van der Waals surface area contributed by atoms with Gasteiger partial charge in [0.15, 0.2) is 6.29 Å². The Morgan fingerprint density at radius 3 is 2.64 bits per heavy atom. The fourth-order valence-corrected chi connectivity index (χ4v) is 1.61. The maximum atomic E-state index is 10.3. The third kappa shape index (κ3) is 1.78. The van der Waals surface area contributed by atoms with Crippen LogP contribution in [0.25, 0.3) is 0 Å². The highest BCUT2D eigenvalue weighted by Gasteiger charge is 2.03. The van der Waals surface area contributed by atoms with E-state index in [1.54, 1.807) is 6.07 Å². The lowest BCUT2D eigenvalue weighted by atomic mass is 10.4. The van der Waals surface area contributed by atoms with Crippen molar-refractivity contribution in [3.05, 3.63) is 20.7 Å². The molecule has 1 heterocycles. The molecule has 0 saturated heterocycles. The predicted molar refractivity (Wildman–Crippen MR) is 49.4 cm³/mol. The van der Waals surface area contributed by atoms with Crippen LogP contribution in [0.2, 0.25) is 0 Å². The molecule has 2 N–H and O–H groups in total. The van der Waals surface area contributed by atoms with E-state index in [1.165, 1.54) is 0 Å². The lowest BCUT2D eigenvalue weighted by Crippen LogP contribution is -1.96. The smallest absolute Gasteiger partial charge is 0.169 e. The second-order valence-corrected chi connectivity index (χ2v) is 3.55. The maximum Gasteiger partial charge on any atom is 0.169 e. The van der Waals surface area contributed by atoms with Crippen LogP contribution in [-0.2, 0) is 0 Å². The van der Waals surface area contributed by atoms with Gasteiger partial charge >= 0.3 is 0 Å². The minimum atomic E-state index is 0.311. The Balaban J connectivity index is 3.31. The number of anilines is 1. The number of aldehydes is 1. The van der Waals surface area contributed by atoms with Gasteiger partial charge in [-0.25, -0.2) is 4.98 Å². The van der Waals surface area contributed by atoms with Crippen LogP contribution < -0.4 is 5.73 Å². The number of hydrogen-bond acceptors (Lipinski definition) is 3. The first-order valence-corrected chi connectivity index (χ1v) is 4.30. The molecule has 5 heteroatoms. The molecule has 1 rings (SSSR count). The van der Waals surface area contributed by atoms with Crippen molar-refractivity contribution >= 4 is 44.0 Å². The number of nitrogens with two attached hydrogens (primary N) is 1. The summed E-state index contributed by atoms with van der Waals surface area (Å²) in [6, 6.07) is 1.69. The van der Waals surface area contributed by atoms with Gasteiger partial charge < -0.3 is 5.73 Å². The largest absolute Gasteiger partial charge is 0.383 e. The van der Waals surface area contributed by atoms with Crippen LogP contribution in [0.5, 0.6) is 0 Å². The zero-order valence-corrected chi connectivity index (χ0v) is 8.52. The maximum absolute atomic E-state index is 10.3. The summed E-state index contributed by atoms with van der Waals surface area (Å²) in [4.78, 5) is 14.1. The van der Waals surface area contributed by atoms with E-state index in [9.17, 15) is 4.79 Å². The number of nitrogen functional groups attached to an aromatic ring is 1. The van der Waals surface area contributed by atoms with Crippen LogP contribution in [0.3, 0.4) is 0 Å². The molecule has 58 valence electrons. The zero-order valence-electron chi connectivity index (χ0n) is 5.34. The number of pyridine rings is 1. The van der Waals surface area contributed by atoms with E-state index in [2.05, 4.69) is 36.8 Å². The number of rotatable bonds is 1. The highest BCUT2D eigenvalue weighted by atomic mass is 79.9. The number of halogens is 2. The van der Waals surface area contributed by atoms with Crippen LogP contribution in [0, 0.1) is 0 Å². The van der Waals surface area contributed by atoms with Crippen LogP contribution in [0.1, 0.15) is 10.5 Å². The highest BCUT2D eigenvalue weighted by molar-refractivity contribution is 9.11. The molecule has 11 heavy (non-hydrogen) atoms. The molecular weight excluding hydrogens is 276 g/mol. The van der Waals surface area contributed by atoms with Crippen molar-refractivity contribution in [2.45, 2.75) is 0 Å². The molecule has 0 radical (unpaired) electrons. The molecule has 3 nitrogen and oxygen atoms in total. The lowest BCUT2D eigenvalue weighted by Gasteiger charge is -1.99. The lowest BCUT2D eigenvalue weighted by molar-refractivity contribution is 0.111. The Kier molecular flexibility index (Phi) is 2.62. The van der Waals surface area contributed by atoms with Gasteiger partial charge in [-0.1, -0.05) is 0 Å². The molecule has 1 aromatic rings. The Bertz CT molecular complexity index is 301. The van der Waals surface area contributed by atoms with Gasteiger partial charge in [0.1, 0.15) is 11.5 Å². The highest BCUT2D eigenvalue weighted by Crippen LogP contribution is 2.23. The standard InChI is InChI=1S/C6H4Br2N2O/c7-3-1-4(8)6(9)10-5(3)2-11/h1-2H,(H2,9,10). The van der Waals surface area contributed by atoms with Crippen LogP contribution in [0.4, 0.5) is 5.82 Å². The van der Waals surface area contributed by atoms with Gasteiger partial charge in [-0.3, -0.25) is 4.79 Å². The summed E-state index contributed by atoms with van der Waals surface area (Å²) in [5.74, 6) is 0.315. The normalized spacial score (nSPS) is 9.64. The van der Waals surface area contributed by atoms with Crippen molar-refractivity contribution < 1.29 is 4.79 Å². The van der Waals surface area contributed by atoms with E-state index in [-0.39, 0.29) is 0 Å². The van der Waals surface area contributed by atoms with E-state index in [1.807, 2.05) is 0 Å². The summed E-state index contributed by atoms with van der Waals surface area (Å²) >= 11 is 6.34. The zero-order chi connectivity index (χ0) is 8.43. The molecule has 0 spiro atoms. The molecule has 0 saturated carbocycles. The van der Waals surface area contributed by atoms with Crippen LogP contribution in [-0.4, -0.2) is 11.3 Å². The Labute approximate surface area is 80.3 Å². The van der Waals surface area contributed by atoms with Crippen molar-refractivity contribution in [3.63, 3.8) is 0 Å². The van der Waals surface area contributed by atoms with Crippen LogP contribution >= 0.6 is 31.9 Å². The van der Waals surface area contributed by atoms with Gasteiger partial charge in [0.05, 0.1) is 4.47 Å². The molecule has 0 bridgehead atoms. The monoisotopic (exact) mass is 278 g/mol. The minimum absolute atomic E-state index is 0.311. The van der Waals surface area contributed by atoms with Crippen molar-refractivity contribution in [2.75, 3.05) is 5.73 Å². The minimum Gasteiger partial charge on any atom is -0.383 e. The van der Waals surface area contributed by atoms with Gasteiger partial charge in [0, 0.05) is 4.47 Å². The second-order valence-electron chi connectivity index (χ2n) is 1.84. The molecular formula is C6H4Br2N2O. The average Bonchev–Trinajstić information content (AvgIpc) is 1.97. The van der Waals surface area contributed by atoms with Gasteiger partial charge in [-0.2, -0.15) is 0 Å². The van der Waals surface area contributed by atoms with Crippen molar-refractivity contribution in [1.29, 1.82) is 0 Å². The molecule has 0 aliphatic carbocycles. The number of carbonyl (C=O) groups excluding carboxylic acids is 1. The third-order valence-electron chi connectivity index (χ3n) is 1.10. The Morgan fingerprint density at radius 1 is 1.45 bits per heavy atom. The molecule has 0 unspecified atom stereocenters. The van der Waals surface area contributed by atoms with Crippen molar-refractivity contribution in [3.8, 4) is 0 Å². The molecule has 0 aliphatic heterocycles. The van der Waals surface area contributed by atoms with Gasteiger partial charge in [0.2, 0.25) is 0 Å². The first-order valence-electron chi connectivity index (χ1n) is 2.72. The predicted octanol–water partition coefficient (Wildman–Crippen LogP) is 2.00. The number of carbonyl (C=O) groups is 1. The summed E-state index contributed by atoms with van der Waals surface area (Å²) in [5.41, 5.74) is 5.74. The average molecular weight is 280 g/mol. The fourth-order valence-electron chi connectivity index (χ4n) is 0.578. The van der Waals surface area contributed by atoms with Gasteiger partial charge in [-0.15, -0.1) is 0 Å². The quantitative estimate of drug-likeness (QED) is 0.800. The number of aromatic nitrogens is 1. The summed E-state index contributed by atoms with van der Waals surface area (Å²) in [6.07, 6.45) is 0.646. The molecule has 0 amide bonds. The Hall–Kier alpha value is -0.420. The van der Waals surface area contributed by atoms with E-state index < -0.39 is 0 Å². The third-order valence-corrected chi connectivity index (χ3v) is 2.37. The number of nitrogens with zero attached hydrogens (tertiary/aromatic N) is 1. The van der Waals surface area contributed by atoms with Gasteiger partial charge in [-0.05, 0) is 37.9 Å². The molecule has 0 aromatic carbocycles. The SMILES string of the molecule is Nc1nc(C=O)c(Br)cc1Br. The molecule has 0 atom stereocenters. The number of hydrogen-bond donors (Lipinski definition) is 1. The van der Waals surface area contributed by atoms with E-state index >= 15 is 0 Å². The fraction of sp³-hybridized carbons (Fsp3) is 0. The van der Waals surface area contributed by atoms with Crippen LogP contribution in [0.15, 0.2) is 15.0 Å². The summed E-state index contributed by atoms with van der Waals surface area (Å²) in [7, 11) is 0. The van der Waals surface area contributed by atoms with Gasteiger partial charge in [0.25, 0.3) is 0 Å². The second kappa shape index (κ2) is 3.32. The molecule has 1 aromatic heterocycles. The van der Waals surface area contributed by atoms with E-state index in [0.717, 1.165) is 0 Å². The summed E-state index contributed by atoms with van der Waals surface area (Å²) < 4.78 is 1.31. The van der Waals surface area contributed by atoms with E-state index in [0.29, 0.717) is 26.7 Å². The van der Waals surface area contributed by atoms with Crippen molar-refractivity contribution in [1.82, 2.24) is 4.98 Å². The topological polar surface area (TPSA) is 56.0 Å². The summed E-state index contributed by atoms with van der Waals surface area (Å²) in [6.45, 7) is 0. The molecule has 0 aliphatic rings. The first kappa shape index (κ1) is 8.67. The Morgan fingerprint density at radius 2 is 2.09 bits per heavy atom. The van der Waals surface area contributed by atoms with E-state index in [4.69, 9.17) is 5.73 Å². The summed E-state index contributed by atoms with van der Waals surface area (Å²) in [5, 5.41) is 0. The molecule has 0 fully saturated rings.